The summed E-state index contributed by atoms with van der Waals surface area (Å²) in [4.78, 5) is 20.8. The van der Waals surface area contributed by atoms with Gasteiger partial charge >= 0.3 is 5.97 Å². The van der Waals surface area contributed by atoms with E-state index >= 15 is 0 Å². The van der Waals surface area contributed by atoms with Gasteiger partial charge in [0, 0.05) is 18.6 Å². The van der Waals surface area contributed by atoms with Gasteiger partial charge in [-0.25, -0.2) is 4.79 Å². The summed E-state index contributed by atoms with van der Waals surface area (Å²) in [5, 5.41) is 0. The lowest BCUT2D eigenvalue weighted by Gasteiger charge is -2.04. The summed E-state index contributed by atoms with van der Waals surface area (Å²) in [7, 11) is 0. The van der Waals surface area contributed by atoms with Crippen molar-refractivity contribution in [1.29, 1.82) is 0 Å². The molecule has 0 aromatic carbocycles. The van der Waals surface area contributed by atoms with Crippen LogP contribution in [0.4, 0.5) is 0 Å². The molecule has 0 N–H and O–H groups in total. The molecule has 0 amide bonds. The first kappa shape index (κ1) is 12.8. The fourth-order valence-corrected chi connectivity index (χ4v) is 0.687. The summed E-state index contributed by atoms with van der Waals surface area (Å²) in [6.45, 7) is 6.14. The van der Waals surface area contributed by atoms with Crippen molar-refractivity contribution in [2.45, 2.75) is 19.8 Å². The molecule has 80 valence electrons. The highest BCUT2D eigenvalue weighted by Gasteiger charge is 2.01. The third-order valence-electron chi connectivity index (χ3n) is 1.42. The molecule has 0 aliphatic carbocycles. The molecule has 14 heavy (non-hydrogen) atoms. The first-order chi connectivity index (χ1) is 6.68. The predicted molar refractivity (Wildman–Crippen MR) is 51.9 cm³/mol. The Hall–Kier alpha value is -1.16. The quantitative estimate of drug-likeness (QED) is 0.255. The lowest BCUT2D eigenvalue weighted by molar-refractivity contribution is -0.140. The van der Waals surface area contributed by atoms with Crippen LogP contribution in [0.25, 0.3) is 0 Å². The van der Waals surface area contributed by atoms with E-state index in [1.807, 2.05) is 0 Å². The number of esters is 1. The average Bonchev–Trinajstić information content (AvgIpc) is 2.16. The van der Waals surface area contributed by atoms with Crippen molar-refractivity contribution in [2.75, 3.05) is 19.8 Å². The van der Waals surface area contributed by atoms with Gasteiger partial charge < -0.3 is 14.3 Å². The van der Waals surface area contributed by atoms with E-state index in [0.29, 0.717) is 31.6 Å². The molecule has 0 heterocycles. The molecule has 0 aromatic heterocycles. The molecule has 0 unspecified atom stereocenters. The molecule has 0 rings (SSSR count). The van der Waals surface area contributed by atoms with Gasteiger partial charge in [-0.15, -0.1) is 0 Å². The summed E-state index contributed by atoms with van der Waals surface area (Å²) in [6.07, 6.45) is 2.06. The van der Waals surface area contributed by atoms with Gasteiger partial charge in [0.05, 0.1) is 6.61 Å². The third kappa shape index (κ3) is 7.49. The van der Waals surface area contributed by atoms with Gasteiger partial charge in [0.25, 0.3) is 0 Å². The summed E-state index contributed by atoms with van der Waals surface area (Å²) >= 11 is 0. The smallest absolute Gasteiger partial charge is 0.333 e. The lowest BCUT2D eigenvalue weighted by atomic mass is 10.3. The summed E-state index contributed by atoms with van der Waals surface area (Å²) in [5.74, 6) is -0.401. The first-order valence-electron chi connectivity index (χ1n) is 4.52. The monoisotopic (exact) mass is 200 g/mol. The topological polar surface area (TPSA) is 52.6 Å². The van der Waals surface area contributed by atoms with Crippen LogP contribution in [0.5, 0.6) is 0 Å². The Balaban J connectivity index is 3.17. The molecule has 0 aromatic rings. The van der Waals surface area contributed by atoms with E-state index in [1.165, 1.54) is 0 Å². The number of ether oxygens (including phenoxy) is 2. The molecule has 0 bridgehead atoms. The van der Waals surface area contributed by atoms with Crippen LogP contribution in [0.2, 0.25) is 0 Å². The molecule has 0 saturated carbocycles. The SMILES string of the molecule is C=C(C)C(=O)OCCOCCCC=O. The van der Waals surface area contributed by atoms with Crippen molar-refractivity contribution in [1.82, 2.24) is 0 Å². The van der Waals surface area contributed by atoms with Crippen LogP contribution in [0.3, 0.4) is 0 Å². The van der Waals surface area contributed by atoms with E-state index in [9.17, 15) is 9.59 Å². The van der Waals surface area contributed by atoms with Crippen LogP contribution in [0, 0.1) is 0 Å². The van der Waals surface area contributed by atoms with E-state index in [2.05, 4.69) is 6.58 Å². The zero-order valence-corrected chi connectivity index (χ0v) is 8.45. The number of carbonyl (C=O) groups excluding carboxylic acids is 2. The maximum Gasteiger partial charge on any atom is 0.333 e. The van der Waals surface area contributed by atoms with Gasteiger partial charge in [-0.3, -0.25) is 0 Å². The molecule has 0 atom stereocenters. The Morgan fingerprint density at radius 2 is 2.07 bits per heavy atom. The predicted octanol–water partition coefficient (Wildman–Crippen LogP) is 1.10. The Kier molecular flexibility index (Phi) is 7.74. The summed E-state index contributed by atoms with van der Waals surface area (Å²) in [6, 6.07) is 0. The molecule has 0 aliphatic heterocycles. The van der Waals surface area contributed by atoms with Crippen LogP contribution in [0.1, 0.15) is 19.8 Å². The number of hydrogen-bond acceptors (Lipinski definition) is 4. The fraction of sp³-hybridized carbons (Fsp3) is 0.600. The van der Waals surface area contributed by atoms with Crippen LogP contribution < -0.4 is 0 Å². The van der Waals surface area contributed by atoms with Crippen molar-refractivity contribution >= 4 is 12.3 Å². The van der Waals surface area contributed by atoms with E-state index in [1.54, 1.807) is 6.92 Å². The second kappa shape index (κ2) is 8.44. The maximum absolute atomic E-state index is 10.9. The van der Waals surface area contributed by atoms with Gasteiger partial charge in [0.15, 0.2) is 0 Å². The third-order valence-corrected chi connectivity index (χ3v) is 1.42. The van der Waals surface area contributed by atoms with E-state index in [-0.39, 0.29) is 6.61 Å². The second-order valence-corrected chi connectivity index (χ2v) is 2.84. The van der Waals surface area contributed by atoms with Gasteiger partial charge in [-0.1, -0.05) is 6.58 Å². The van der Waals surface area contributed by atoms with Crippen molar-refractivity contribution in [3.05, 3.63) is 12.2 Å². The Bertz CT molecular complexity index is 198. The standard InChI is InChI=1S/C10H16O4/c1-9(2)10(12)14-8-7-13-6-4-3-5-11/h5H,1,3-4,6-8H2,2H3. The van der Waals surface area contributed by atoms with Crippen LogP contribution in [0.15, 0.2) is 12.2 Å². The van der Waals surface area contributed by atoms with Crippen LogP contribution >= 0.6 is 0 Å². The van der Waals surface area contributed by atoms with E-state index < -0.39 is 5.97 Å². The molecule has 0 aliphatic rings. The van der Waals surface area contributed by atoms with Gasteiger partial charge in [0.1, 0.15) is 12.9 Å². The molecule has 0 radical (unpaired) electrons. The Labute approximate surface area is 83.9 Å². The zero-order chi connectivity index (χ0) is 10.8. The molecular weight excluding hydrogens is 184 g/mol. The lowest BCUT2D eigenvalue weighted by Crippen LogP contribution is -2.11. The Morgan fingerprint density at radius 1 is 1.36 bits per heavy atom. The van der Waals surface area contributed by atoms with Gasteiger partial charge in [-0.05, 0) is 13.3 Å². The highest BCUT2D eigenvalue weighted by atomic mass is 16.6. The minimum absolute atomic E-state index is 0.229. The minimum atomic E-state index is -0.401. The van der Waals surface area contributed by atoms with Crippen LogP contribution in [-0.2, 0) is 19.1 Å². The minimum Gasteiger partial charge on any atom is -0.460 e. The molecule has 0 fully saturated rings. The fourth-order valence-electron chi connectivity index (χ4n) is 0.687. The first-order valence-corrected chi connectivity index (χ1v) is 4.52. The molecular formula is C10H16O4. The number of unbranched alkanes of at least 4 members (excludes halogenated alkanes) is 1. The molecule has 0 saturated heterocycles. The normalized spacial score (nSPS) is 9.50. The number of aldehydes is 1. The number of hydrogen-bond donors (Lipinski definition) is 0. The molecule has 4 heteroatoms. The highest BCUT2D eigenvalue weighted by molar-refractivity contribution is 5.86. The van der Waals surface area contributed by atoms with Crippen LogP contribution in [-0.4, -0.2) is 32.1 Å². The van der Waals surface area contributed by atoms with Gasteiger partial charge in [0.2, 0.25) is 0 Å². The largest absolute Gasteiger partial charge is 0.460 e. The average molecular weight is 200 g/mol. The second-order valence-electron chi connectivity index (χ2n) is 2.84. The maximum atomic E-state index is 10.9. The number of rotatable bonds is 8. The molecule has 4 nitrogen and oxygen atoms in total. The highest BCUT2D eigenvalue weighted by Crippen LogP contribution is 1.92. The molecule has 0 spiro atoms. The van der Waals surface area contributed by atoms with E-state index in [0.717, 1.165) is 6.29 Å². The summed E-state index contributed by atoms with van der Waals surface area (Å²) < 4.78 is 9.88. The van der Waals surface area contributed by atoms with Crippen molar-refractivity contribution < 1.29 is 19.1 Å². The zero-order valence-electron chi connectivity index (χ0n) is 8.45. The van der Waals surface area contributed by atoms with Crippen molar-refractivity contribution in [2.24, 2.45) is 0 Å². The Morgan fingerprint density at radius 3 is 2.64 bits per heavy atom. The van der Waals surface area contributed by atoms with Crippen molar-refractivity contribution in [3.63, 3.8) is 0 Å². The van der Waals surface area contributed by atoms with Crippen molar-refractivity contribution in [3.8, 4) is 0 Å². The van der Waals surface area contributed by atoms with Gasteiger partial charge in [-0.2, -0.15) is 0 Å². The van der Waals surface area contributed by atoms with E-state index in [4.69, 9.17) is 9.47 Å². The number of carbonyl (C=O) groups is 2. The summed E-state index contributed by atoms with van der Waals surface area (Å²) in [5.41, 5.74) is 0.381.